The molecule has 1 unspecified atom stereocenters. The van der Waals surface area contributed by atoms with Crippen molar-refractivity contribution in [2.75, 3.05) is 14.1 Å². The second kappa shape index (κ2) is 4.74. The molecule has 5 heteroatoms. The molecule has 1 saturated carbocycles. The van der Waals surface area contributed by atoms with Crippen LogP contribution < -0.4 is 0 Å². The molecule has 2 rings (SSSR count). The minimum atomic E-state index is -0.516. The van der Waals surface area contributed by atoms with E-state index < -0.39 is 6.10 Å². The fraction of sp³-hybridized carbons (Fsp3) is 0.833. The first-order chi connectivity index (χ1) is 8.08. The highest BCUT2D eigenvalue weighted by Crippen LogP contribution is 2.41. The van der Waals surface area contributed by atoms with Crippen molar-refractivity contribution in [3.05, 3.63) is 11.9 Å². The Hall–Kier alpha value is -0.940. The van der Waals surface area contributed by atoms with Crippen molar-refractivity contribution in [2.45, 2.75) is 43.7 Å². The van der Waals surface area contributed by atoms with Crippen LogP contribution in [0.15, 0.2) is 6.20 Å². The van der Waals surface area contributed by atoms with Crippen molar-refractivity contribution in [3.63, 3.8) is 0 Å². The molecule has 17 heavy (non-hydrogen) atoms. The van der Waals surface area contributed by atoms with Crippen LogP contribution in [0, 0.1) is 0 Å². The third kappa shape index (κ3) is 2.09. The number of aliphatic hydroxyl groups excluding tert-OH is 1. The second-order valence-corrected chi connectivity index (χ2v) is 5.24. The molecule has 5 nitrogen and oxygen atoms in total. The Balaban J connectivity index is 2.30. The largest absolute Gasteiger partial charge is 0.385 e. The van der Waals surface area contributed by atoms with E-state index in [1.165, 1.54) is 19.3 Å². The third-order valence-corrected chi connectivity index (χ3v) is 4.15. The Morgan fingerprint density at radius 3 is 2.47 bits per heavy atom. The van der Waals surface area contributed by atoms with Gasteiger partial charge in [-0.2, -0.15) is 0 Å². The maximum atomic E-state index is 10.7. The number of aliphatic hydroxyl groups is 1. The lowest BCUT2D eigenvalue weighted by Crippen LogP contribution is -2.51. The molecule has 1 fully saturated rings. The van der Waals surface area contributed by atoms with E-state index in [9.17, 15) is 5.11 Å². The van der Waals surface area contributed by atoms with Gasteiger partial charge in [-0.05, 0) is 26.9 Å². The monoisotopic (exact) mass is 238 g/mol. The van der Waals surface area contributed by atoms with E-state index in [1.54, 1.807) is 10.9 Å². The van der Waals surface area contributed by atoms with Gasteiger partial charge in [0.2, 0.25) is 0 Å². The van der Waals surface area contributed by atoms with Gasteiger partial charge in [0.1, 0.15) is 6.10 Å². The average molecular weight is 238 g/mol. The van der Waals surface area contributed by atoms with Crippen LogP contribution in [0.1, 0.15) is 43.9 Å². The van der Waals surface area contributed by atoms with E-state index >= 15 is 0 Å². The van der Waals surface area contributed by atoms with Gasteiger partial charge in [-0.15, -0.1) is 5.10 Å². The highest BCUT2D eigenvalue weighted by molar-refractivity contribution is 5.10. The molecule has 0 aromatic carbocycles. The van der Waals surface area contributed by atoms with Crippen molar-refractivity contribution < 1.29 is 5.11 Å². The Morgan fingerprint density at radius 1 is 1.35 bits per heavy atom. The van der Waals surface area contributed by atoms with Gasteiger partial charge in [-0.3, -0.25) is 0 Å². The lowest BCUT2D eigenvalue weighted by atomic mass is 9.75. The summed E-state index contributed by atoms with van der Waals surface area (Å²) in [5.74, 6) is 0. The molecule has 96 valence electrons. The van der Waals surface area contributed by atoms with Crippen molar-refractivity contribution in [2.24, 2.45) is 7.05 Å². The maximum Gasteiger partial charge on any atom is 0.115 e. The summed E-state index contributed by atoms with van der Waals surface area (Å²) in [6.07, 6.45) is 6.86. The summed E-state index contributed by atoms with van der Waals surface area (Å²) in [4.78, 5) is 2.17. The number of likely N-dealkylation sites (N-methyl/N-ethyl adjacent to an activating group) is 1. The predicted molar refractivity (Wildman–Crippen MR) is 65.5 cm³/mol. The van der Waals surface area contributed by atoms with Gasteiger partial charge in [-0.25, -0.2) is 4.68 Å². The van der Waals surface area contributed by atoms with Crippen molar-refractivity contribution >= 4 is 0 Å². The minimum Gasteiger partial charge on any atom is -0.385 e. The molecule has 0 radical (unpaired) electrons. The number of rotatable bonds is 3. The van der Waals surface area contributed by atoms with E-state index in [0.717, 1.165) is 18.5 Å². The zero-order chi connectivity index (χ0) is 12.5. The Labute approximate surface area is 102 Å². The Kier molecular flexibility index (Phi) is 3.49. The molecule has 0 amide bonds. The van der Waals surface area contributed by atoms with Crippen molar-refractivity contribution in [1.29, 1.82) is 0 Å². The number of hydrogen-bond acceptors (Lipinski definition) is 4. The fourth-order valence-electron chi connectivity index (χ4n) is 2.95. The Bertz CT molecular complexity index is 368. The molecule has 1 aromatic rings. The molecule has 1 heterocycles. The zero-order valence-corrected chi connectivity index (χ0v) is 10.9. The van der Waals surface area contributed by atoms with E-state index in [2.05, 4.69) is 29.3 Å². The van der Waals surface area contributed by atoms with Crippen LogP contribution in [0.25, 0.3) is 0 Å². The molecule has 1 N–H and O–H groups in total. The molecule has 0 aliphatic heterocycles. The first kappa shape index (κ1) is 12.5. The zero-order valence-electron chi connectivity index (χ0n) is 10.9. The van der Waals surface area contributed by atoms with Crippen LogP contribution in [-0.2, 0) is 7.05 Å². The van der Waals surface area contributed by atoms with Crippen LogP contribution >= 0.6 is 0 Å². The number of nitrogens with zero attached hydrogens (tertiary/aromatic N) is 4. The normalized spacial score (nSPS) is 21.7. The molecule has 1 atom stereocenters. The summed E-state index contributed by atoms with van der Waals surface area (Å²) in [5.41, 5.74) is 0.647. The molecule has 1 aliphatic carbocycles. The van der Waals surface area contributed by atoms with Gasteiger partial charge in [-0.1, -0.05) is 24.5 Å². The van der Waals surface area contributed by atoms with E-state index in [-0.39, 0.29) is 5.54 Å². The fourth-order valence-corrected chi connectivity index (χ4v) is 2.95. The van der Waals surface area contributed by atoms with Gasteiger partial charge in [0.25, 0.3) is 0 Å². The summed E-state index contributed by atoms with van der Waals surface area (Å²) >= 11 is 0. The quantitative estimate of drug-likeness (QED) is 0.857. The molecule has 1 aromatic heterocycles. The number of aryl methyl sites for hydroxylation is 1. The molecule has 0 bridgehead atoms. The Morgan fingerprint density at radius 2 is 2.00 bits per heavy atom. The van der Waals surface area contributed by atoms with Gasteiger partial charge < -0.3 is 10.0 Å². The summed E-state index contributed by atoms with van der Waals surface area (Å²) in [6, 6.07) is 0. The van der Waals surface area contributed by atoms with Crippen LogP contribution in [0.3, 0.4) is 0 Å². The molecule has 1 aliphatic rings. The van der Waals surface area contributed by atoms with E-state index in [4.69, 9.17) is 0 Å². The molecule has 0 saturated heterocycles. The second-order valence-electron chi connectivity index (χ2n) is 5.24. The minimum absolute atomic E-state index is 0.159. The summed E-state index contributed by atoms with van der Waals surface area (Å²) < 4.78 is 1.67. The molecular weight excluding hydrogens is 216 g/mol. The summed E-state index contributed by atoms with van der Waals surface area (Å²) in [5, 5.41) is 18.5. The van der Waals surface area contributed by atoms with Crippen LogP contribution in [-0.4, -0.2) is 44.6 Å². The van der Waals surface area contributed by atoms with Gasteiger partial charge in [0, 0.05) is 7.05 Å². The maximum absolute atomic E-state index is 10.7. The van der Waals surface area contributed by atoms with Crippen molar-refractivity contribution in [1.82, 2.24) is 19.9 Å². The molecule has 0 spiro atoms. The standard InChI is InChI=1S/C12H22N4O/c1-15(2)12(7-5-4-6-8-12)11(17)10-9-13-14-16(10)3/h9,11,17H,4-8H2,1-3H3. The van der Waals surface area contributed by atoms with Gasteiger partial charge >= 0.3 is 0 Å². The lowest BCUT2D eigenvalue weighted by molar-refractivity contribution is -0.0375. The van der Waals surface area contributed by atoms with E-state index in [1.807, 2.05) is 7.05 Å². The topological polar surface area (TPSA) is 54.2 Å². The highest BCUT2D eigenvalue weighted by Gasteiger charge is 2.42. The molecular formula is C12H22N4O. The third-order valence-electron chi connectivity index (χ3n) is 4.15. The predicted octanol–water partition coefficient (Wildman–Crippen LogP) is 1.11. The average Bonchev–Trinajstić information content (AvgIpc) is 2.75. The first-order valence-electron chi connectivity index (χ1n) is 6.28. The van der Waals surface area contributed by atoms with Crippen molar-refractivity contribution in [3.8, 4) is 0 Å². The number of aromatic nitrogens is 3. The lowest BCUT2D eigenvalue weighted by Gasteiger charge is -2.46. The SMILES string of the molecule is CN(C)C1(C(O)c2cnnn2C)CCCCC1. The summed E-state index contributed by atoms with van der Waals surface area (Å²) in [7, 11) is 5.94. The van der Waals surface area contributed by atoms with E-state index in [0.29, 0.717) is 0 Å². The van der Waals surface area contributed by atoms with Crippen LogP contribution in [0.5, 0.6) is 0 Å². The highest BCUT2D eigenvalue weighted by atomic mass is 16.3. The van der Waals surface area contributed by atoms with Gasteiger partial charge in [0.05, 0.1) is 17.4 Å². The van der Waals surface area contributed by atoms with Crippen LogP contribution in [0.4, 0.5) is 0 Å². The number of hydrogen-bond donors (Lipinski definition) is 1. The van der Waals surface area contributed by atoms with Crippen LogP contribution in [0.2, 0.25) is 0 Å². The smallest absolute Gasteiger partial charge is 0.115 e. The summed E-state index contributed by atoms with van der Waals surface area (Å²) in [6.45, 7) is 0. The first-order valence-corrected chi connectivity index (χ1v) is 6.28. The van der Waals surface area contributed by atoms with Gasteiger partial charge in [0.15, 0.2) is 0 Å².